The standard InChI is InChI=1S/C20H19N7O2S/c28-20(15-10-14(24-25-15)17-4-2-8-30-17)27-7-1-3-13(12-27)9-18-23-19(26-29-18)16-11-21-5-6-22-16/h2,4-6,8,10-11,13H,1,3,7,9,12H2,(H,24,25)/t13-/m0/s1. The monoisotopic (exact) mass is 421 g/mol. The largest absolute Gasteiger partial charge is 0.339 e. The lowest BCUT2D eigenvalue weighted by atomic mass is 9.94. The highest BCUT2D eigenvalue weighted by Crippen LogP contribution is 2.25. The second kappa shape index (κ2) is 8.15. The Morgan fingerprint density at radius 1 is 1.37 bits per heavy atom. The van der Waals surface area contributed by atoms with Crippen LogP contribution in [0, 0.1) is 5.92 Å². The number of H-pyrrole nitrogens is 1. The Balaban J connectivity index is 1.24. The molecule has 0 spiro atoms. The van der Waals surface area contributed by atoms with Gasteiger partial charge in [-0.25, -0.2) is 4.98 Å². The summed E-state index contributed by atoms with van der Waals surface area (Å²) in [6.07, 6.45) is 7.36. The second-order valence-electron chi connectivity index (χ2n) is 7.21. The first kappa shape index (κ1) is 18.6. The van der Waals surface area contributed by atoms with Crippen LogP contribution >= 0.6 is 11.3 Å². The predicted octanol–water partition coefficient (Wildman–Crippen LogP) is 3.07. The fourth-order valence-corrected chi connectivity index (χ4v) is 4.36. The van der Waals surface area contributed by atoms with Crippen LogP contribution < -0.4 is 0 Å². The maximum absolute atomic E-state index is 12.9. The summed E-state index contributed by atoms with van der Waals surface area (Å²) in [6.45, 7) is 1.37. The third-order valence-corrected chi connectivity index (χ3v) is 6.02. The van der Waals surface area contributed by atoms with Gasteiger partial charge in [0.15, 0.2) is 5.69 Å². The highest BCUT2D eigenvalue weighted by atomic mass is 32.1. The Kier molecular flexibility index (Phi) is 5.06. The fourth-order valence-electron chi connectivity index (χ4n) is 3.67. The molecule has 4 aromatic rings. The van der Waals surface area contributed by atoms with Gasteiger partial charge in [0.1, 0.15) is 5.69 Å². The van der Waals surface area contributed by atoms with Gasteiger partial charge in [0, 0.05) is 31.9 Å². The van der Waals surface area contributed by atoms with Crippen molar-refractivity contribution in [3.05, 3.63) is 53.8 Å². The molecule has 1 fully saturated rings. The van der Waals surface area contributed by atoms with Crippen molar-refractivity contribution >= 4 is 17.2 Å². The van der Waals surface area contributed by atoms with Gasteiger partial charge in [-0.15, -0.1) is 11.3 Å². The Hall–Kier alpha value is -3.40. The van der Waals surface area contributed by atoms with E-state index in [4.69, 9.17) is 4.52 Å². The number of thiophene rings is 1. The summed E-state index contributed by atoms with van der Waals surface area (Å²) >= 11 is 1.61. The minimum Gasteiger partial charge on any atom is -0.339 e. The van der Waals surface area contributed by atoms with Crippen LogP contribution in [0.25, 0.3) is 22.1 Å². The van der Waals surface area contributed by atoms with Crippen LogP contribution in [0.1, 0.15) is 29.2 Å². The summed E-state index contributed by atoms with van der Waals surface area (Å²) in [6, 6.07) is 5.80. The average Bonchev–Trinajstić information content (AvgIpc) is 3.55. The predicted molar refractivity (Wildman–Crippen MR) is 110 cm³/mol. The third kappa shape index (κ3) is 3.86. The molecule has 0 bridgehead atoms. The topological polar surface area (TPSA) is 114 Å². The molecule has 1 aliphatic rings. The molecule has 10 heteroatoms. The van der Waals surface area contributed by atoms with E-state index in [1.54, 1.807) is 29.9 Å². The molecule has 0 aromatic carbocycles. The summed E-state index contributed by atoms with van der Waals surface area (Å²) in [5.74, 6) is 1.19. The van der Waals surface area contributed by atoms with Gasteiger partial charge >= 0.3 is 0 Å². The summed E-state index contributed by atoms with van der Waals surface area (Å²) in [5, 5.41) is 13.2. The lowest BCUT2D eigenvalue weighted by Crippen LogP contribution is -2.40. The molecule has 0 radical (unpaired) electrons. The number of carbonyl (C=O) groups excluding carboxylic acids is 1. The number of aromatic amines is 1. The molecule has 9 nitrogen and oxygen atoms in total. The van der Waals surface area contributed by atoms with E-state index in [9.17, 15) is 4.79 Å². The minimum absolute atomic E-state index is 0.0514. The molecular formula is C20H19N7O2S. The smallest absolute Gasteiger partial charge is 0.274 e. The highest BCUT2D eigenvalue weighted by molar-refractivity contribution is 7.13. The number of amides is 1. The number of piperidine rings is 1. The number of aromatic nitrogens is 6. The van der Waals surface area contributed by atoms with Crippen LogP contribution in [-0.4, -0.2) is 54.2 Å². The van der Waals surface area contributed by atoms with Crippen LogP contribution in [0.5, 0.6) is 0 Å². The van der Waals surface area contributed by atoms with E-state index in [0.717, 1.165) is 30.0 Å². The zero-order chi connectivity index (χ0) is 20.3. The van der Waals surface area contributed by atoms with Gasteiger partial charge in [0.25, 0.3) is 5.91 Å². The van der Waals surface area contributed by atoms with Gasteiger partial charge in [0.05, 0.1) is 16.8 Å². The SMILES string of the molecule is O=C(c1cc(-c2cccs2)[nH]n1)N1CCC[C@@H](Cc2nc(-c3cnccn3)no2)C1. The van der Waals surface area contributed by atoms with Crippen molar-refractivity contribution in [2.75, 3.05) is 13.1 Å². The van der Waals surface area contributed by atoms with E-state index in [1.807, 2.05) is 28.5 Å². The lowest BCUT2D eigenvalue weighted by molar-refractivity contribution is 0.0662. The van der Waals surface area contributed by atoms with E-state index in [2.05, 4.69) is 30.3 Å². The Labute approximate surface area is 176 Å². The zero-order valence-electron chi connectivity index (χ0n) is 16.1. The fraction of sp³-hybridized carbons (Fsp3) is 0.300. The molecular weight excluding hydrogens is 402 g/mol. The number of carbonyl (C=O) groups is 1. The van der Waals surface area contributed by atoms with Crippen LogP contribution in [0.4, 0.5) is 0 Å². The van der Waals surface area contributed by atoms with Gasteiger partial charge < -0.3 is 9.42 Å². The van der Waals surface area contributed by atoms with Gasteiger partial charge in [-0.3, -0.25) is 14.9 Å². The Morgan fingerprint density at radius 2 is 2.33 bits per heavy atom. The Bertz CT molecular complexity index is 1120. The molecule has 4 aromatic heterocycles. The van der Waals surface area contributed by atoms with Crippen molar-refractivity contribution in [1.82, 2.24) is 35.2 Å². The van der Waals surface area contributed by atoms with E-state index < -0.39 is 0 Å². The van der Waals surface area contributed by atoms with Gasteiger partial charge in [-0.2, -0.15) is 10.1 Å². The summed E-state index contributed by atoms with van der Waals surface area (Å²) in [7, 11) is 0. The van der Waals surface area contributed by atoms with Crippen molar-refractivity contribution in [1.29, 1.82) is 0 Å². The zero-order valence-corrected chi connectivity index (χ0v) is 16.9. The van der Waals surface area contributed by atoms with Crippen molar-refractivity contribution in [3.63, 3.8) is 0 Å². The summed E-state index contributed by atoms with van der Waals surface area (Å²) < 4.78 is 5.40. The third-order valence-electron chi connectivity index (χ3n) is 5.11. The van der Waals surface area contributed by atoms with Crippen LogP contribution in [0.3, 0.4) is 0 Å². The molecule has 1 atom stereocenters. The first-order chi connectivity index (χ1) is 14.8. The number of nitrogens with one attached hydrogen (secondary N) is 1. The van der Waals surface area contributed by atoms with Gasteiger partial charge in [-0.05, 0) is 36.3 Å². The molecule has 0 unspecified atom stereocenters. The normalized spacial score (nSPS) is 16.7. The molecule has 5 heterocycles. The number of hydrogen-bond acceptors (Lipinski definition) is 8. The van der Waals surface area contributed by atoms with Gasteiger partial charge in [-0.1, -0.05) is 11.2 Å². The minimum atomic E-state index is -0.0514. The maximum Gasteiger partial charge on any atom is 0.274 e. The lowest BCUT2D eigenvalue weighted by Gasteiger charge is -2.31. The van der Waals surface area contributed by atoms with E-state index in [1.165, 1.54) is 0 Å². The quantitative estimate of drug-likeness (QED) is 0.527. The second-order valence-corrected chi connectivity index (χ2v) is 8.16. The summed E-state index contributed by atoms with van der Waals surface area (Å²) in [4.78, 5) is 28.5. The maximum atomic E-state index is 12.9. The van der Waals surface area contributed by atoms with Crippen LogP contribution in [0.2, 0.25) is 0 Å². The molecule has 1 saturated heterocycles. The van der Waals surface area contributed by atoms with Gasteiger partial charge in [0.2, 0.25) is 11.7 Å². The molecule has 1 aliphatic heterocycles. The Morgan fingerprint density at radius 3 is 3.17 bits per heavy atom. The van der Waals surface area contributed by atoms with Crippen molar-refractivity contribution in [2.24, 2.45) is 5.92 Å². The number of nitrogens with zero attached hydrogens (tertiary/aromatic N) is 6. The van der Waals surface area contributed by atoms with Crippen molar-refractivity contribution in [2.45, 2.75) is 19.3 Å². The van der Waals surface area contributed by atoms with Crippen molar-refractivity contribution in [3.8, 4) is 22.1 Å². The number of likely N-dealkylation sites (tertiary alicyclic amines) is 1. The van der Waals surface area contributed by atoms with E-state index >= 15 is 0 Å². The van der Waals surface area contributed by atoms with Crippen molar-refractivity contribution < 1.29 is 9.32 Å². The molecule has 0 aliphatic carbocycles. The molecule has 1 N–H and O–H groups in total. The molecule has 0 saturated carbocycles. The number of hydrogen-bond donors (Lipinski definition) is 1. The molecule has 1 amide bonds. The molecule has 152 valence electrons. The van der Waals surface area contributed by atoms with E-state index in [0.29, 0.717) is 36.1 Å². The van der Waals surface area contributed by atoms with E-state index in [-0.39, 0.29) is 11.8 Å². The molecule has 30 heavy (non-hydrogen) atoms. The molecule has 5 rings (SSSR count). The number of rotatable bonds is 5. The van der Waals surface area contributed by atoms with Crippen LogP contribution in [-0.2, 0) is 6.42 Å². The highest BCUT2D eigenvalue weighted by Gasteiger charge is 2.27. The van der Waals surface area contributed by atoms with Crippen LogP contribution in [0.15, 0.2) is 46.7 Å². The average molecular weight is 421 g/mol. The summed E-state index contributed by atoms with van der Waals surface area (Å²) in [5.41, 5.74) is 1.89. The first-order valence-corrected chi connectivity index (χ1v) is 10.6. The first-order valence-electron chi connectivity index (χ1n) is 9.74.